The molecule has 5 heteroatoms. The molecule has 1 heterocycles. The largest absolute Gasteiger partial charge is 0.496 e. The topological polar surface area (TPSA) is 68.0 Å². The summed E-state index contributed by atoms with van der Waals surface area (Å²) in [4.78, 5) is 2.25. The van der Waals surface area contributed by atoms with E-state index in [1.54, 1.807) is 7.11 Å². The molecule has 0 radical (unpaired) electrons. The lowest BCUT2D eigenvalue weighted by atomic mass is 10.1. The average molecular weight is 252 g/mol. The molecule has 0 spiro atoms. The van der Waals surface area contributed by atoms with E-state index in [1.807, 2.05) is 18.2 Å². The lowest BCUT2D eigenvalue weighted by Gasteiger charge is -2.29. The molecule has 1 saturated heterocycles. The number of methoxy groups -OCH3 is 1. The van der Waals surface area contributed by atoms with Gasteiger partial charge in [0.2, 0.25) is 0 Å². The summed E-state index contributed by atoms with van der Waals surface area (Å²) in [5, 5.41) is 9.12. The molecule has 0 unspecified atom stereocenters. The summed E-state index contributed by atoms with van der Waals surface area (Å²) in [5.74, 6) is 0.723. The van der Waals surface area contributed by atoms with Crippen molar-refractivity contribution in [2.45, 2.75) is 6.04 Å². The maximum absolute atomic E-state index is 9.12. The minimum atomic E-state index is -0.404. The van der Waals surface area contributed by atoms with Gasteiger partial charge in [-0.05, 0) is 6.07 Å². The number of hydrogen-bond donors (Lipinski definition) is 2. The highest BCUT2D eigenvalue weighted by molar-refractivity contribution is 5.54. The van der Waals surface area contributed by atoms with Crippen LogP contribution in [0.25, 0.3) is 0 Å². The Morgan fingerprint density at radius 2 is 2.17 bits per heavy atom. The molecule has 0 saturated carbocycles. The second-order valence-corrected chi connectivity index (χ2v) is 4.31. The van der Waals surface area contributed by atoms with Crippen LogP contribution in [0.3, 0.4) is 0 Å². The molecule has 100 valence electrons. The van der Waals surface area contributed by atoms with Gasteiger partial charge in [-0.3, -0.25) is 0 Å². The highest BCUT2D eigenvalue weighted by Gasteiger charge is 2.16. The quantitative estimate of drug-likeness (QED) is 0.818. The average Bonchev–Trinajstić information content (AvgIpc) is 2.46. The molecule has 1 aliphatic heterocycles. The van der Waals surface area contributed by atoms with Gasteiger partial charge >= 0.3 is 0 Å². The first-order valence-corrected chi connectivity index (χ1v) is 6.13. The molecule has 1 aliphatic rings. The molecular formula is C13H20N2O3. The molecule has 2 rings (SSSR count). The molecule has 1 atom stereocenters. The van der Waals surface area contributed by atoms with Gasteiger partial charge < -0.3 is 25.2 Å². The van der Waals surface area contributed by atoms with E-state index >= 15 is 0 Å². The van der Waals surface area contributed by atoms with Crippen LogP contribution in [0.1, 0.15) is 11.6 Å². The zero-order valence-electron chi connectivity index (χ0n) is 10.6. The monoisotopic (exact) mass is 252 g/mol. The SMILES string of the molecule is COc1cc(N2CCOCC2)ccc1[C@H](N)CO. The van der Waals surface area contributed by atoms with Gasteiger partial charge in [-0.1, -0.05) is 6.07 Å². The smallest absolute Gasteiger partial charge is 0.125 e. The van der Waals surface area contributed by atoms with Gasteiger partial charge in [0.1, 0.15) is 5.75 Å². The predicted molar refractivity (Wildman–Crippen MR) is 70.0 cm³/mol. The van der Waals surface area contributed by atoms with Gasteiger partial charge in [0, 0.05) is 30.4 Å². The molecule has 0 aliphatic carbocycles. The van der Waals surface area contributed by atoms with Crippen molar-refractivity contribution in [2.24, 2.45) is 5.73 Å². The number of nitrogens with two attached hydrogens (primary N) is 1. The predicted octanol–water partition coefficient (Wildman–Crippen LogP) is 0.524. The second kappa shape index (κ2) is 6.04. The number of anilines is 1. The lowest BCUT2D eigenvalue weighted by Crippen LogP contribution is -2.36. The first kappa shape index (κ1) is 13.1. The van der Waals surface area contributed by atoms with Crippen molar-refractivity contribution in [3.05, 3.63) is 23.8 Å². The lowest BCUT2D eigenvalue weighted by molar-refractivity contribution is 0.122. The van der Waals surface area contributed by atoms with Crippen LogP contribution in [-0.4, -0.2) is 45.1 Å². The first-order chi connectivity index (χ1) is 8.76. The van der Waals surface area contributed by atoms with E-state index in [9.17, 15) is 0 Å². The van der Waals surface area contributed by atoms with Crippen molar-refractivity contribution < 1.29 is 14.6 Å². The fraction of sp³-hybridized carbons (Fsp3) is 0.538. The van der Waals surface area contributed by atoms with E-state index in [1.165, 1.54) is 0 Å². The molecule has 5 nitrogen and oxygen atoms in total. The van der Waals surface area contributed by atoms with Crippen LogP contribution in [0.15, 0.2) is 18.2 Å². The normalized spacial score (nSPS) is 17.6. The van der Waals surface area contributed by atoms with Gasteiger partial charge in [0.05, 0.1) is 33.0 Å². The summed E-state index contributed by atoms with van der Waals surface area (Å²) >= 11 is 0. The third-order valence-corrected chi connectivity index (χ3v) is 3.19. The summed E-state index contributed by atoms with van der Waals surface area (Å²) in [5.41, 5.74) is 7.77. The Labute approximate surface area is 107 Å². The summed E-state index contributed by atoms with van der Waals surface area (Å²) in [6.45, 7) is 3.18. The van der Waals surface area contributed by atoms with E-state index in [2.05, 4.69) is 4.90 Å². The summed E-state index contributed by atoms with van der Waals surface area (Å²) in [7, 11) is 1.62. The van der Waals surface area contributed by atoms with Crippen molar-refractivity contribution in [1.29, 1.82) is 0 Å². The highest BCUT2D eigenvalue weighted by Crippen LogP contribution is 2.29. The Morgan fingerprint density at radius 1 is 1.44 bits per heavy atom. The number of nitrogens with zero attached hydrogens (tertiary/aromatic N) is 1. The van der Waals surface area contributed by atoms with Crippen LogP contribution in [0.2, 0.25) is 0 Å². The van der Waals surface area contributed by atoms with Crippen molar-refractivity contribution >= 4 is 5.69 Å². The third kappa shape index (κ3) is 2.75. The first-order valence-electron chi connectivity index (χ1n) is 6.13. The number of ether oxygens (including phenoxy) is 2. The van der Waals surface area contributed by atoms with E-state index in [0.29, 0.717) is 0 Å². The second-order valence-electron chi connectivity index (χ2n) is 4.31. The fourth-order valence-corrected chi connectivity index (χ4v) is 2.12. The molecule has 1 aromatic rings. The van der Waals surface area contributed by atoms with Crippen molar-refractivity contribution in [3.8, 4) is 5.75 Å². The maximum atomic E-state index is 9.12. The van der Waals surface area contributed by atoms with Crippen molar-refractivity contribution in [3.63, 3.8) is 0 Å². The minimum absolute atomic E-state index is 0.0900. The molecule has 0 aromatic heterocycles. The molecule has 1 fully saturated rings. The molecular weight excluding hydrogens is 232 g/mol. The Kier molecular flexibility index (Phi) is 4.41. The van der Waals surface area contributed by atoms with Crippen LogP contribution in [0.5, 0.6) is 5.75 Å². The van der Waals surface area contributed by atoms with E-state index in [4.69, 9.17) is 20.3 Å². The van der Waals surface area contributed by atoms with Crippen LogP contribution in [0, 0.1) is 0 Å². The number of hydrogen-bond acceptors (Lipinski definition) is 5. The Morgan fingerprint density at radius 3 is 2.78 bits per heavy atom. The van der Waals surface area contributed by atoms with Crippen molar-refractivity contribution in [2.75, 3.05) is 44.9 Å². The summed E-state index contributed by atoms with van der Waals surface area (Å²) in [6.07, 6.45) is 0. The number of aliphatic hydroxyl groups is 1. The summed E-state index contributed by atoms with van der Waals surface area (Å²) < 4.78 is 10.7. The standard InChI is InChI=1S/C13H20N2O3/c1-17-13-8-10(15-4-6-18-7-5-15)2-3-11(13)12(14)9-16/h2-3,8,12,16H,4-7,9,14H2,1H3/t12-/m1/s1. The Bertz CT molecular complexity index is 392. The van der Waals surface area contributed by atoms with Gasteiger partial charge in [0.25, 0.3) is 0 Å². The van der Waals surface area contributed by atoms with E-state index in [0.717, 1.165) is 43.3 Å². The molecule has 0 bridgehead atoms. The Hall–Kier alpha value is -1.30. The minimum Gasteiger partial charge on any atom is -0.496 e. The maximum Gasteiger partial charge on any atom is 0.125 e. The number of morpholine rings is 1. The molecule has 18 heavy (non-hydrogen) atoms. The van der Waals surface area contributed by atoms with Crippen LogP contribution in [-0.2, 0) is 4.74 Å². The molecule has 3 N–H and O–H groups in total. The summed E-state index contributed by atoms with van der Waals surface area (Å²) in [6, 6.07) is 5.50. The number of aliphatic hydroxyl groups excluding tert-OH is 1. The molecule has 1 aromatic carbocycles. The van der Waals surface area contributed by atoms with E-state index < -0.39 is 6.04 Å². The highest BCUT2D eigenvalue weighted by atomic mass is 16.5. The van der Waals surface area contributed by atoms with Gasteiger partial charge in [-0.2, -0.15) is 0 Å². The van der Waals surface area contributed by atoms with Crippen LogP contribution < -0.4 is 15.4 Å². The molecule has 0 amide bonds. The number of benzene rings is 1. The Balaban J connectivity index is 2.23. The third-order valence-electron chi connectivity index (χ3n) is 3.19. The van der Waals surface area contributed by atoms with Crippen LogP contribution >= 0.6 is 0 Å². The van der Waals surface area contributed by atoms with Gasteiger partial charge in [0.15, 0.2) is 0 Å². The van der Waals surface area contributed by atoms with Gasteiger partial charge in [-0.15, -0.1) is 0 Å². The van der Waals surface area contributed by atoms with Crippen molar-refractivity contribution in [1.82, 2.24) is 0 Å². The van der Waals surface area contributed by atoms with E-state index in [-0.39, 0.29) is 6.61 Å². The van der Waals surface area contributed by atoms with Crippen LogP contribution in [0.4, 0.5) is 5.69 Å². The zero-order chi connectivity index (χ0) is 13.0. The van der Waals surface area contributed by atoms with Gasteiger partial charge in [-0.25, -0.2) is 0 Å². The fourth-order valence-electron chi connectivity index (χ4n) is 2.12. The zero-order valence-corrected chi connectivity index (χ0v) is 10.6. The number of rotatable bonds is 4.